The fraction of sp³-hybridized carbons (Fsp3) is 0.562. The maximum Gasteiger partial charge on any atom is 0.122 e. The standard InChI is InChI=1S/C16H21NO/c1-12-7-6-10-15(13(12)2)18-16-9-5-3-4-8-14(16)11-17/h6-7,10,14,16H,3-5,8-9H2,1-2H3. The summed E-state index contributed by atoms with van der Waals surface area (Å²) in [6.45, 7) is 4.18. The Kier molecular flexibility index (Phi) is 4.25. The van der Waals surface area contributed by atoms with Crippen LogP contribution in [0.5, 0.6) is 5.75 Å². The van der Waals surface area contributed by atoms with Crippen molar-refractivity contribution in [3.8, 4) is 11.8 Å². The SMILES string of the molecule is Cc1cccc(OC2CCCCCC2C#N)c1C. The topological polar surface area (TPSA) is 33.0 Å². The highest BCUT2D eigenvalue weighted by Crippen LogP contribution is 2.29. The zero-order chi connectivity index (χ0) is 13.0. The summed E-state index contributed by atoms with van der Waals surface area (Å²) in [6.07, 6.45) is 5.61. The summed E-state index contributed by atoms with van der Waals surface area (Å²) in [6, 6.07) is 8.56. The van der Waals surface area contributed by atoms with Crippen LogP contribution in [-0.4, -0.2) is 6.10 Å². The first kappa shape index (κ1) is 13.0. The highest BCUT2D eigenvalue weighted by atomic mass is 16.5. The molecule has 0 heterocycles. The molecular formula is C16H21NO. The van der Waals surface area contributed by atoms with Gasteiger partial charge in [0.2, 0.25) is 0 Å². The van der Waals surface area contributed by atoms with Gasteiger partial charge >= 0.3 is 0 Å². The molecular weight excluding hydrogens is 222 g/mol. The van der Waals surface area contributed by atoms with Crippen molar-refractivity contribution in [2.24, 2.45) is 5.92 Å². The number of hydrogen-bond acceptors (Lipinski definition) is 2. The number of rotatable bonds is 2. The zero-order valence-electron chi connectivity index (χ0n) is 11.3. The second-order valence-electron chi connectivity index (χ2n) is 5.23. The van der Waals surface area contributed by atoms with Gasteiger partial charge in [0.05, 0.1) is 12.0 Å². The van der Waals surface area contributed by atoms with Crippen molar-refractivity contribution in [2.75, 3.05) is 0 Å². The number of hydrogen-bond donors (Lipinski definition) is 0. The molecule has 1 saturated carbocycles. The van der Waals surface area contributed by atoms with Gasteiger partial charge < -0.3 is 4.74 Å². The van der Waals surface area contributed by atoms with Crippen LogP contribution in [0, 0.1) is 31.1 Å². The summed E-state index contributed by atoms with van der Waals surface area (Å²) >= 11 is 0. The molecule has 2 nitrogen and oxygen atoms in total. The number of benzene rings is 1. The van der Waals surface area contributed by atoms with Gasteiger partial charge in [0.15, 0.2) is 0 Å². The van der Waals surface area contributed by atoms with E-state index in [0.717, 1.165) is 25.0 Å². The Bertz CT molecular complexity index is 447. The summed E-state index contributed by atoms with van der Waals surface area (Å²) in [7, 11) is 0. The van der Waals surface area contributed by atoms with Gasteiger partial charge in [-0.05, 0) is 50.3 Å². The highest BCUT2D eigenvalue weighted by molar-refractivity contribution is 5.38. The average Bonchev–Trinajstić information content (AvgIpc) is 2.60. The molecule has 2 atom stereocenters. The summed E-state index contributed by atoms with van der Waals surface area (Å²) < 4.78 is 6.13. The predicted octanol–water partition coefficient (Wildman–Crippen LogP) is 4.15. The summed E-state index contributed by atoms with van der Waals surface area (Å²) in [4.78, 5) is 0. The van der Waals surface area contributed by atoms with Crippen LogP contribution in [0.25, 0.3) is 0 Å². The van der Waals surface area contributed by atoms with Crippen LogP contribution >= 0.6 is 0 Å². The molecule has 2 unspecified atom stereocenters. The minimum atomic E-state index is 0.0485. The molecule has 0 saturated heterocycles. The molecule has 1 aromatic rings. The van der Waals surface area contributed by atoms with Gasteiger partial charge in [-0.2, -0.15) is 5.26 Å². The van der Waals surface area contributed by atoms with E-state index in [1.165, 1.54) is 24.0 Å². The molecule has 1 aliphatic rings. The maximum absolute atomic E-state index is 9.26. The molecule has 18 heavy (non-hydrogen) atoms. The number of nitrogens with zero attached hydrogens (tertiary/aromatic N) is 1. The van der Waals surface area contributed by atoms with Crippen molar-refractivity contribution >= 4 is 0 Å². The maximum atomic E-state index is 9.26. The molecule has 2 heteroatoms. The molecule has 1 fully saturated rings. The van der Waals surface area contributed by atoms with Gasteiger partial charge in [-0.15, -0.1) is 0 Å². The van der Waals surface area contributed by atoms with Crippen molar-refractivity contribution in [2.45, 2.75) is 52.1 Å². The van der Waals surface area contributed by atoms with Gasteiger partial charge in [-0.25, -0.2) is 0 Å². The van der Waals surface area contributed by atoms with E-state index in [0.29, 0.717) is 0 Å². The first-order valence-electron chi connectivity index (χ1n) is 6.85. The van der Waals surface area contributed by atoms with E-state index in [9.17, 15) is 5.26 Å². The summed E-state index contributed by atoms with van der Waals surface area (Å²) in [5.74, 6) is 0.995. The molecule has 0 aromatic heterocycles. The lowest BCUT2D eigenvalue weighted by atomic mass is 9.98. The molecule has 0 radical (unpaired) electrons. The zero-order valence-corrected chi connectivity index (χ0v) is 11.3. The minimum absolute atomic E-state index is 0.0485. The molecule has 1 aromatic carbocycles. The van der Waals surface area contributed by atoms with E-state index in [-0.39, 0.29) is 12.0 Å². The van der Waals surface area contributed by atoms with Gasteiger partial charge in [0.1, 0.15) is 11.9 Å². The van der Waals surface area contributed by atoms with E-state index < -0.39 is 0 Å². The number of aryl methyl sites for hydroxylation is 1. The van der Waals surface area contributed by atoms with Gasteiger partial charge in [0, 0.05) is 0 Å². The average molecular weight is 243 g/mol. The van der Waals surface area contributed by atoms with Crippen molar-refractivity contribution in [1.82, 2.24) is 0 Å². The Labute approximate surface area is 110 Å². The summed E-state index contributed by atoms with van der Waals surface area (Å²) in [5.41, 5.74) is 2.44. The normalized spacial score (nSPS) is 24.1. The van der Waals surface area contributed by atoms with Crippen LogP contribution < -0.4 is 4.74 Å². The molecule has 0 N–H and O–H groups in total. The molecule has 96 valence electrons. The second-order valence-corrected chi connectivity index (χ2v) is 5.23. The Morgan fingerprint density at radius 1 is 1.17 bits per heavy atom. The molecule has 0 aliphatic heterocycles. The van der Waals surface area contributed by atoms with E-state index in [2.05, 4.69) is 26.0 Å². The quantitative estimate of drug-likeness (QED) is 0.731. The Hall–Kier alpha value is -1.49. The monoisotopic (exact) mass is 243 g/mol. The van der Waals surface area contributed by atoms with Crippen molar-refractivity contribution < 1.29 is 4.74 Å². The Balaban J connectivity index is 2.16. The van der Waals surface area contributed by atoms with Crippen LogP contribution in [-0.2, 0) is 0 Å². The summed E-state index contributed by atoms with van der Waals surface area (Å²) in [5, 5.41) is 9.26. The van der Waals surface area contributed by atoms with Crippen LogP contribution in [0.4, 0.5) is 0 Å². The van der Waals surface area contributed by atoms with Gasteiger partial charge in [0.25, 0.3) is 0 Å². The van der Waals surface area contributed by atoms with Gasteiger partial charge in [-0.3, -0.25) is 0 Å². The lowest BCUT2D eigenvalue weighted by Crippen LogP contribution is -2.25. The van der Waals surface area contributed by atoms with Crippen molar-refractivity contribution in [3.05, 3.63) is 29.3 Å². The first-order valence-corrected chi connectivity index (χ1v) is 6.85. The van der Waals surface area contributed by atoms with Crippen LogP contribution in [0.3, 0.4) is 0 Å². The van der Waals surface area contributed by atoms with Crippen molar-refractivity contribution in [3.63, 3.8) is 0 Å². The Morgan fingerprint density at radius 3 is 2.72 bits per heavy atom. The third kappa shape index (κ3) is 2.85. The van der Waals surface area contributed by atoms with E-state index in [4.69, 9.17) is 4.74 Å². The van der Waals surface area contributed by atoms with E-state index >= 15 is 0 Å². The minimum Gasteiger partial charge on any atom is -0.489 e. The third-order valence-electron chi connectivity index (χ3n) is 3.95. The molecule has 0 bridgehead atoms. The number of ether oxygens (including phenoxy) is 1. The number of nitriles is 1. The molecule has 0 amide bonds. The van der Waals surface area contributed by atoms with E-state index in [1.807, 2.05) is 12.1 Å². The van der Waals surface area contributed by atoms with Crippen LogP contribution in [0.1, 0.15) is 43.2 Å². The highest BCUT2D eigenvalue weighted by Gasteiger charge is 2.25. The largest absolute Gasteiger partial charge is 0.489 e. The third-order valence-corrected chi connectivity index (χ3v) is 3.95. The first-order chi connectivity index (χ1) is 8.72. The predicted molar refractivity (Wildman–Crippen MR) is 72.5 cm³/mol. The van der Waals surface area contributed by atoms with Crippen LogP contribution in [0.2, 0.25) is 0 Å². The molecule has 0 spiro atoms. The lowest BCUT2D eigenvalue weighted by molar-refractivity contribution is 0.151. The Morgan fingerprint density at radius 2 is 1.94 bits per heavy atom. The fourth-order valence-corrected chi connectivity index (χ4v) is 2.58. The van der Waals surface area contributed by atoms with Crippen molar-refractivity contribution in [1.29, 1.82) is 5.26 Å². The molecule has 2 rings (SSSR count). The fourth-order valence-electron chi connectivity index (χ4n) is 2.58. The smallest absolute Gasteiger partial charge is 0.122 e. The second kappa shape index (κ2) is 5.91. The van der Waals surface area contributed by atoms with Gasteiger partial charge in [-0.1, -0.05) is 25.0 Å². The van der Waals surface area contributed by atoms with E-state index in [1.54, 1.807) is 0 Å². The molecule has 1 aliphatic carbocycles. The van der Waals surface area contributed by atoms with Crippen LogP contribution in [0.15, 0.2) is 18.2 Å². The lowest BCUT2D eigenvalue weighted by Gasteiger charge is -2.22.